The number of aliphatic hydroxyl groups excluding tert-OH is 1. The molecule has 14 heavy (non-hydrogen) atoms. The van der Waals surface area contributed by atoms with Crippen LogP contribution in [-0.4, -0.2) is 21.9 Å². The minimum absolute atomic E-state index is 0. The number of nitrogens with two attached hydrogens (primary N) is 1. The number of hydrogen-bond acceptors (Lipinski definition) is 4. The fourth-order valence-corrected chi connectivity index (χ4v) is 1.14. The first-order valence-electron chi connectivity index (χ1n) is 4.04. The van der Waals surface area contributed by atoms with Gasteiger partial charge < -0.3 is 21.1 Å². The van der Waals surface area contributed by atoms with Gasteiger partial charge in [-0.3, -0.25) is 0 Å². The van der Waals surface area contributed by atoms with Crippen molar-refractivity contribution in [3.05, 3.63) is 23.8 Å². The van der Waals surface area contributed by atoms with Gasteiger partial charge in [-0.15, -0.1) is 12.4 Å². The van der Waals surface area contributed by atoms with Gasteiger partial charge in [0, 0.05) is 18.2 Å². The predicted molar refractivity (Wildman–Crippen MR) is 55.7 cm³/mol. The van der Waals surface area contributed by atoms with Gasteiger partial charge in [0.25, 0.3) is 0 Å². The van der Waals surface area contributed by atoms with Crippen LogP contribution in [0, 0.1) is 0 Å². The van der Waals surface area contributed by atoms with Crippen molar-refractivity contribution in [1.29, 1.82) is 0 Å². The van der Waals surface area contributed by atoms with Gasteiger partial charge in [0.05, 0.1) is 0 Å². The Labute approximate surface area is 88.4 Å². The van der Waals surface area contributed by atoms with E-state index >= 15 is 0 Å². The monoisotopic (exact) mass is 219 g/mol. The standard InChI is InChI=1S/C9H13NO3.ClH/c10-7(4-5-11)6-2-1-3-8(12)9(6)13;/h1-3,7,11-13H,4-5,10H2;1H. The van der Waals surface area contributed by atoms with Crippen molar-refractivity contribution >= 4 is 12.4 Å². The average Bonchev–Trinajstić information content (AvgIpc) is 2.10. The molecule has 0 aromatic heterocycles. The summed E-state index contributed by atoms with van der Waals surface area (Å²) in [5.74, 6) is -0.394. The third-order valence-electron chi connectivity index (χ3n) is 1.89. The summed E-state index contributed by atoms with van der Waals surface area (Å²) in [6.45, 7) is -0.0454. The molecular weight excluding hydrogens is 206 g/mol. The average molecular weight is 220 g/mol. The van der Waals surface area contributed by atoms with E-state index in [-0.39, 0.29) is 30.5 Å². The lowest BCUT2D eigenvalue weighted by atomic mass is 10.0. The quantitative estimate of drug-likeness (QED) is 0.569. The van der Waals surface area contributed by atoms with Crippen molar-refractivity contribution in [3.63, 3.8) is 0 Å². The summed E-state index contributed by atoms with van der Waals surface area (Å²) in [5, 5.41) is 27.2. The molecule has 4 nitrogen and oxygen atoms in total. The second-order valence-corrected chi connectivity index (χ2v) is 2.83. The summed E-state index contributed by atoms with van der Waals surface area (Å²) >= 11 is 0. The van der Waals surface area contributed by atoms with E-state index in [1.54, 1.807) is 12.1 Å². The molecule has 1 rings (SSSR count). The normalized spacial score (nSPS) is 11.9. The van der Waals surface area contributed by atoms with Crippen LogP contribution in [0.15, 0.2) is 18.2 Å². The van der Waals surface area contributed by atoms with Crippen molar-refractivity contribution in [2.75, 3.05) is 6.61 Å². The highest BCUT2D eigenvalue weighted by atomic mass is 35.5. The number of phenolic OH excluding ortho intramolecular Hbond substituents is 2. The summed E-state index contributed by atoms with van der Waals surface area (Å²) in [5.41, 5.74) is 6.10. The first-order valence-corrected chi connectivity index (χ1v) is 4.04. The zero-order valence-corrected chi connectivity index (χ0v) is 8.37. The van der Waals surface area contributed by atoms with Crippen molar-refractivity contribution in [2.45, 2.75) is 12.5 Å². The van der Waals surface area contributed by atoms with Gasteiger partial charge in [-0.25, -0.2) is 0 Å². The van der Waals surface area contributed by atoms with Crippen LogP contribution in [0.2, 0.25) is 0 Å². The number of aromatic hydroxyl groups is 2. The van der Waals surface area contributed by atoms with E-state index in [1.165, 1.54) is 6.07 Å². The Hall–Kier alpha value is -0.970. The summed E-state index contributed by atoms with van der Waals surface area (Å²) in [6.07, 6.45) is 0.358. The molecule has 80 valence electrons. The Morgan fingerprint density at radius 1 is 1.29 bits per heavy atom. The van der Waals surface area contributed by atoms with Gasteiger partial charge in [-0.2, -0.15) is 0 Å². The summed E-state index contributed by atoms with van der Waals surface area (Å²) in [6, 6.07) is 4.15. The molecule has 5 heteroatoms. The molecule has 0 aliphatic carbocycles. The first-order chi connectivity index (χ1) is 6.16. The Morgan fingerprint density at radius 2 is 1.93 bits per heavy atom. The summed E-state index contributed by atoms with van der Waals surface area (Å²) in [7, 11) is 0. The highest BCUT2D eigenvalue weighted by molar-refractivity contribution is 5.85. The highest BCUT2D eigenvalue weighted by Gasteiger charge is 2.12. The van der Waals surface area contributed by atoms with Crippen LogP contribution in [0.3, 0.4) is 0 Å². The number of para-hydroxylation sites is 1. The lowest BCUT2D eigenvalue weighted by Gasteiger charge is -2.12. The van der Waals surface area contributed by atoms with Gasteiger partial charge in [0.2, 0.25) is 0 Å². The molecule has 5 N–H and O–H groups in total. The summed E-state index contributed by atoms with van der Waals surface area (Å²) in [4.78, 5) is 0. The van der Waals surface area contributed by atoms with Crippen LogP contribution in [0.4, 0.5) is 0 Å². The van der Waals surface area contributed by atoms with Crippen LogP contribution in [0.1, 0.15) is 18.0 Å². The topological polar surface area (TPSA) is 86.7 Å². The maximum Gasteiger partial charge on any atom is 0.162 e. The van der Waals surface area contributed by atoms with Crippen molar-refractivity contribution < 1.29 is 15.3 Å². The van der Waals surface area contributed by atoms with Gasteiger partial charge in [0.15, 0.2) is 11.5 Å². The zero-order chi connectivity index (χ0) is 9.84. The van der Waals surface area contributed by atoms with E-state index in [2.05, 4.69) is 0 Å². The number of rotatable bonds is 3. The molecule has 0 fully saturated rings. The Bertz CT molecular complexity index is 293. The minimum atomic E-state index is -0.447. The van der Waals surface area contributed by atoms with E-state index in [9.17, 15) is 5.11 Å². The van der Waals surface area contributed by atoms with E-state index in [4.69, 9.17) is 15.9 Å². The van der Waals surface area contributed by atoms with Crippen LogP contribution in [0.25, 0.3) is 0 Å². The first kappa shape index (κ1) is 13.0. The Morgan fingerprint density at radius 3 is 2.50 bits per heavy atom. The lowest BCUT2D eigenvalue weighted by molar-refractivity contribution is 0.275. The molecule has 0 amide bonds. The SMILES string of the molecule is Cl.NC(CCO)c1cccc(O)c1O. The molecule has 0 spiro atoms. The van der Waals surface area contributed by atoms with Crippen LogP contribution >= 0.6 is 12.4 Å². The summed E-state index contributed by atoms with van der Waals surface area (Å²) < 4.78 is 0. The molecule has 0 radical (unpaired) electrons. The van der Waals surface area contributed by atoms with E-state index in [0.29, 0.717) is 12.0 Å². The predicted octanol–water partition coefficient (Wildman–Crippen LogP) is 0.902. The number of benzene rings is 1. The molecule has 1 atom stereocenters. The highest BCUT2D eigenvalue weighted by Crippen LogP contribution is 2.32. The van der Waals surface area contributed by atoms with Crippen molar-refractivity contribution in [2.24, 2.45) is 5.73 Å². The second kappa shape index (κ2) is 5.70. The Kier molecular flexibility index (Phi) is 5.30. The molecule has 0 saturated heterocycles. The largest absolute Gasteiger partial charge is 0.504 e. The van der Waals surface area contributed by atoms with E-state index < -0.39 is 6.04 Å². The maximum atomic E-state index is 9.38. The van der Waals surface area contributed by atoms with Crippen LogP contribution in [-0.2, 0) is 0 Å². The number of hydrogen-bond donors (Lipinski definition) is 4. The third-order valence-corrected chi connectivity index (χ3v) is 1.89. The number of aliphatic hydroxyl groups is 1. The molecular formula is C9H14ClNO3. The lowest BCUT2D eigenvalue weighted by Crippen LogP contribution is -2.11. The van der Waals surface area contributed by atoms with Gasteiger partial charge in [0.1, 0.15) is 0 Å². The maximum absolute atomic E-state index is 9.38. The molecule has 0 heterocycles. The molecule has 1 aromatic carbocycles. The fraction of sp³-hybridized carbons (Fsp3) is 0.333. The molecule has 0 bridgehead atoms. The smallest absolute Gasteiger partial charge is 0.162 e. The minimum Gasteiger partial charge on any atom is -0.504 e. The zero-order valence-electron chi connectivity index (χ0n) is 7.55. The molecule has 0 aliphatic heterocycles. The van der Waals surface area contributed by atoms with E-state index in [0.717, 1.165) is 0 Å². The second-order valence-electron chi connectivity index (χ2n) is 2.83. The van der Waals surface area contributed by atoms with Gasteiger partial charge >= 0.3 is 0 Å². The van der Waals surface area contributed by atoms with Gasteiger partial charge in [-0.1, -0.05) is 12.1 Å². The van der Waals surface area contributed by atoms with Crippen molar-refractivity contribution in [1.82, 2.24) is 0 Å². The van der Waals surface area contributed by atoms with Crippen molar-refractivity contribution in [3.8, 4) is 11.5 Å². The Balaban J connectivity index is 0.00000169. The fourth-order valence-electron chi connectivity index (χ4n) is 1.14. The van der Waals surface area contributed by atoms with E-state index in [1.807, 2.05) is 0 Å². The number of phenols is 2. The molecule has 0 aliphatic rings. The molecule has 1 aromatic rings. The van der Waals surface area contributed by atoms with Crippen LogP contribution < -0.4 is 5.73 Å². The third kappa shape index (κ3) is 2.77. The van der Waals surface area contributed by atoms with Crippen LogP contribution in [0.5, 0.6) is 11.5 Å². The number of halogens is 1. The molecule has 0 saturated carbocycles. The van der Waals surface area contributed by atoms with Gasteiger partial charge in [-0.05, 0) is 12.5 Å². The molecule has 1 unspecified atom stereocenters.